The normalized spacial score (nSPS) is 16.8. The van der Waals surface area contributed by atoms with Crippen molar-refractivity contribution in [3.63, 3.8) is 0 Å². The van der Waals surface area contributed by atoms with Crippen LogP contribution in [-0.4, -0.2) is 29.9 Å². The third-order valence-corrected chi connectivity index (χ3v) is 2.02. The van der Waals surface area contributed by atoms with Crippen molar-refractivity contribution in [2.45, 2.75) is 33.3 Å². The third-order valence-electron chi connectivity index (χ3n) is 2.02. The van der Waals surface area contributed by atoms with Gasteiger partial charge in [0.1, 0.15) is 12.2 Å². The topological polar surface area (TPSA) is 38.8 Å². The molecule has 0 atom stereocenters. The lowest BCUT2D eigenvalue weighted by atomic mass is 10.1. The van der Waals surface area contributed by atoms with Crippen LogP contribution >= 0.6 is 0 Å². The van der Waals surface area contributed by atoms with E-state index in [4.69, 9.17) is 9.57 Å². The van der Waals surface area contributed by atoms with Gasteiger partial charge in [-0.05, 0) is 33.3 Å². The Morgan fingerprint density at radius 3 is 2.56 bits per heavy atom. The highest BCUT2D eigenvalue weighted by molar-refractivity contribution is 5.67. The molecule has 0 aromatic rings. The summed E-state index contributed by atoms with van der Waals surface area (Å²) in [6.45, 7) is 12.0. The van der Waals surface area contributed by atoms with Gasteiger partial charge in [-0.25, -0.2) is 4.79 Å². The maximum Gasteiger partial charge on any atom is 0.434 e. The van der Waals surface area contributed by atoms with Crippen molar-refractivity contribution in [3.8, 4) is 0 Å². The smallest absolute Gasteiger partial charge is 0.434 e. The van der Waals surface area contributed by atoms with Crippen molar-refractivity contribution in [1.82, 2.24) is 5.06 Å². The minimum Gasteiger partial charge on any atom is -0.442 e. The fourth-order valence-electron chi connectivity index (χ4n) is 1.19. The van der Waals surface area contributed by atoms with E-state index < -0.39 is 11.7 Å². The molecule has 1 aliphatic heterocycles. The maximum absolute atomic E-state index is 11.6. The van der Waals surface area contributed by atoms with Crippen LogP contribution in [0.4, 0.5) is 4.79 Å². The molecular formula is C12H19NO3. The van der Waals surface area contributed by atoms with Crippen molar-refractivity contribution in [3.05, 3.63) is 23.8 Å². The highest BCUT2D eigenvalue weighted by atomic mass is 16.7. The molecule has 0 aromatic heterocycles. The van der Waals surface area contributed by atoms with E-state index in [1.54, 1.807) is 0 Å². The number of carbonyl (C=O) groups excluding carboxylic acids is 1. The summed E-state index contributed by atoms with van der Waals surface area (Å²) in [6.07, 6.45) is 1.47. The predicted octanol–water partition coefficient (Wildman–Crippen LogP) is 2.67. The Labute approximate surface area is 96.5 Å². The number of carbonyl (C=O) groups is 1. The second-order valence-corrected chi connectivity index (χ2v) is 4.82. The number of hydrogen-bond donors (Lipinski definition) is 0. The van der Waals surface area contributed by atoms with Crippen LogP contribution in [0.5, 0.6) is 0 Å². The van der Waals surface area contributed by atoms with E-state index in [-0.39, 0.29) is 0 Å². The zero-order valence-corrected chi connectivity index (χ0v) is 10.4. The Morgan fingerprint density at radius 1 is 1.56 bits per heavy atom. The first kappa shape index (κ1) is 12.8. The minimum absolute atomic E-state index is 0.370. The molecule has 0 unspecified atom stereocenters. The van der Waals surface area contributed by atoms with E-state index in [0.717, 1.165) is 11.1 Å². The van der Waals surface area contributed by atoms with E-state index in [1.807, 2.05) is 33.8 Å². The van der Waals surface area contributed by atoms with Crippen molar-refractivity contribution in [2.24, 2.45) is 0 Å². The van der Waals surface area contributed by atoms with Crippen LogP contribution in [0.2, 0.25) is 0 Å². The number of rotatable bonds is 1. The molecule has 0 radical (unpaired) electrons. The monoisotopic (exact) mass is 225 g/mol. The van der Waals surface area contributed by atoms with Gasteiger partial charge in [0.05, 0.1) is 6.54 Å². The quantitative estimate of drug-likeness (QED) is 0.688. The Balaban J connectivity index is 2.54. The zero-order valence-electron chi connectivity index (χ0n) is 10.4. The second kappa shape index (κ2) is 4.70. The fourth-order valence-corrected chi connectivity index (χ4v) is 1.19. The van der Waals surface area contributed by atoms with Gasteiger partial charge in [-0.3, -0.25) is 4.84 Å². The molecular weight excluding hydrogens is 206 g/mol. The molecule has 16 heavy (non-hydrogen) atoms. The Hall–Kier alpha value is -1.29. The highest BCUT2D eigenvalue weighted by Crippen LogP contribution is 2.16. The first-order valence-electron chi connectivity index (χ1n) is 5.28. The molecule has 0 bridgehead atoms. The number of hydrogen-bond acceptors (Lipinski definition) is 3. The van der Waals surface area contributed by atoms with Crippen LogP contribution in [0.3, 0.4) is 0 Å². The molecule has 4 nitrogen and oxygen atoms in total. The van der Waals surface area contributed by atoms with E-state index in [0.29, 0.717) is 13.2 Å². The number of amides is 1. The van der Waals surface area contributed by atoms with Gasteiger partial charge in [-0.15, -0.1) is 0 Å². The number of nitrogens with zero attached hydrogens (tertiary/aromatic N) is 1. The predicted molar refractivity (Wildman–Crippen MR) is 61.8 cm³/mol. The summed E-state index contributed by atoms with van der Waals surface area (Å²) in [5.74, 6) is 0. The van der Waals surface area contributed by atoms with E-state index in [9.17, 15) is 4.79 Å². The molecule has 0 spiro atoms. The summed E-state index contributed by atoms with van der Waals surface area (Å²) in [6, 6.07) is 0. The van der Waals surface area contributed by atoms with Crippen LogP contribution in [0, 0.1) is 0 Å². The number of hydroxylamine groups is 2. The molecule has 0 fully saturated rings. The van der Waals surface area contributed by atoms with Gasteiger partial charge in [0.15, 0.2) is 0 Å². The summed E-state index contributed by atoms with van der Waals surface area (Å²) >= 11 is 0. The molecule has 90 valence electrons. The van der Waals surface area contributed by atoms with Crippen LogP contribution in [0.15, 0.2) is 23.8 Å². The maximum atomic E-state index is 11.6. The van der Waals surface area contributed by atoms with Crippen LogP contribution in [-0.2, 0) is 9.57 Å². The van der Waals surface area contributed by atoms with Crippen LogP contribution in [0.25, 0.3) is 0 Å². The lowest BCUT2D eigenvalue weighted by Gasteiger charge is -2.28. The van der Waals surface area contributed by atoms with Crippen molar-refractivity contribution in [2.75, 3.05) is 13.2 Å². The summed E-state index contributed by atoms with van der Waals surface area (Å²) in [5, 5.41) is 1.22. The van der Waals surface area contributed by atoms with E-state index in [1.165, 1.54) is 5.06 Å². The molecule has 0 N–H and O–H groups in total. The Kier molecular flexibility index (Phi) is 3.75. The first-order valence-corrected chi connectivity index (χ1v) is 5.28. The minimum atomic E-state index is -0.501. The Bertz CT molecular complexity index is 326. The molecule has 0 saturated carbocycles. The summed E-state index contributed by atoms with van der Waals surface area (Å²) in [4.78, 5) is 16.9. The molecule has 1 aliphatic rings. The van der Waals surface area contributed by atoms with Crippen molar-refractivity contribution >= 4 is 6.09 Å². The van der Waals surface area contributed by atoms with Gasteiger partial charge in [-0.2, -0.15) is 5.06 Å². The van der Waals surface area contributed by atoms with Gasteiger partial charge < -0.3 is 4.74 Å². The lowest BCUT2D eigenvalue weighted by molar-refractivity contribution is -0.138. The van der Waals surface area contributed by atoms with Gasteiger partial charge in [0.25, 0.3) is 0 Å². The fraction of sp³-hybridized carbons (Fsp3) is 0.583. The van der Waals surface area contributed by atoms with Crippen molar-refractivity contribution < 1.29 is 14.4 Å². The van der Waals surface area contributed by atoms with E-state index >= 15 is 0 Å². The molecule has 1 heterocycles. The molecule has 0 saturated heterocycles. The van der Waals surface area contributed by atoms with Crippen LogP contribution < -0.4 is 0 Å². The number of ether oxygens (including phenoxy) is 1. The zero-order chi connectivity index (χ0) is 12.3. The van der Waals surface area contributed by atoms with Gasteiger partial charge in [0.2, 0.25) is 0 Å². The molecule has 0 aromatic carbocycles. The summed E-state index contributed by atoms with van der Waals surface area (Å²) in [7, 11) is 0. The average Bonchev–Trinajstić information content (AvgIpc) is 2.15. The lowest BCUT2D eigenvalue weighted by Crippen LogP contribution is -2.39. The van der Waals surface area contributed by atoms with Gasteiger partial charge >= 0.3 is 6.09 Å². The van der Waals surface area contributed by atoms with Gasteiger partial charge in [0, 0.05) is 0 Å². The molecule has 1 rings (SSSR count). The summed E-state index contributed by atoms with van der Waals surface area (Å²) in [5.41, 5.74) is 1.49. The van der Waals surface area contributed by atoms with Crippen molar-refractivity contribution in [1.29, 1.82) is 0 Å². The SMILES string of the molecule is C=C(C)C1=CCN(C(=O)OC(C)(C)C)OC1. The highest BCUT2D eigenvalue weighted by Gasteiger charge is 2.24. The second-order valence-electron chi connectivity index (χ2n) is 4.82. The van der Waals surface area contributed by atoms with Crippen LogP contribution in [0.1, 0.15) is 27.7 Å². The first-order chi connectivity index (χ1) is 7.29. The third kappa shape index (κ3) is 3.70. The standard InChI is InChI=1S/C12H19NO3/c1-9(2)10-6-7-13(15-8-10)11(14)16-12(3,4)5/h6H,1,7-8H2,2-5H3. The largest absolute Gasteiger partial charge is 0.442 e. The van der Waals surface area contributed by atoms with Gasteiger partial charge in [-0.1, -0.05) is 18.2 Å². The molecule has 0 aliphatic carbocycles. The molecule has 1 amide bonds. The average molecular weight is 225 g/mol. The Morgan fingerprint density at radius 2 is 2.19 bits per heavy atom. The molecule has 4 heteroatoms. The van der Waals surface area contributed by atoms with E-state index in [2.05, 4.69) is 6.58 Å². The summed E-state index contributed by atoms with van der Waals surface area (Å²) < 4.78 is 5.18.